The van der Waals surface area contributed by atoms with Gasteiger partial charge in [-0.25, -0.2) is 4.79 Å². The predicted octanol–water partition coefficient (Wildman–Crippen LogP) is 3.62. The number of nitrogens with two attached hydrogens (primary N) is 1. The van der Waals surface area contributed by atoms with Crippen molar-refractivity contribution in [3.05, 3.63) is 51.0 Å². The van der Waals surface area contributed by atoms with Crippen LogP contribution in [0.3, 0.4) is 0 Å². The first-order chi connectivity index (χ1) is 14.3. The van der Waals surface area contributed by atoms with Crippen LogP contribution >= 0.6 is 11.3 Å². The van der Waals surface area contributed by atoms with Crippen molar-refractivity contribution in [2.45, 2.75) is 39.5 Å². The van der Waals surface area contributed by atoms with E-state index in [0.717, 1.165) is 58.2 Å². The lowest BCUT2D eigenvalue weighted by molar-refractivity contribution is -0.119. The molecule has 2 heterocycles. The number of aromatic nitrogens is 1. The standard InChI is InChI=1S/C22H23N3O4S/c1-11-7-12(2)14-9-16(24-15(14)8-11)22(28)29-10-18(26)25-21-19(20(23)27)13-5-3-4-6-17(13)30-21/h7-9,24H,3-6,10H2,1-2H3,(H2,23,27)(H,25,26). The third kappa shape index (κ3) is 3.82. The normalized spacial score (nSPS) is 13.1. The van der Waals surface area contributed by atoms with E-state index in [4.69, 9.17) is 10.5 Å². The predicted molar refractivity (Wildman–Crippen MR) is 116 cm³/mol. The zero-order chi connectivity index (χ0) is 21.4. The van der Waals surface area contributed by atoms with E-state index in [1.165, 1.54) is 11.3 Å². The maximum Gasteiger partial charge on any atom is 0.355 e. The summed E-state index contributed by atoms with van der Waals surface area (Å²) in [5, 5.41) is 4.06. The highest BCUT2D eigenvalue weighted by Gasteiger charge is 2.25. The van der Waals surface area contributed by atoms with Crippen molar-refractivity contribution in [3.63, 3.8) is 0 Å². The quantitative estimate of drug-likeness (QED) is 0.542. The molecule has 3 aromatic rings. The molecule has 0 atom stereocenters. The van der Waals surface area contributed by atoms with Gasteiger partial charge in [0.15, 0.2) is 6.61 Å². The van der Waals surface area contributed by atoms with Crippen LogP contribution in [0.1, 0.15) is 55.3 Å². The van der Waals surface area contributed by atoms with Gasteiger partial charge in [-0.3, -0.25) is 9.59 Å². The Labute approximate surface area is 177 Å². The smallest absolute Gasteiger partial charge is 0.355 e. The van der Waals surface area contributed by atoms with E-state index < -0.39 is 24.4 Å². The number of esters is 1. The molecule has 0 bridgehead atoms. The second-order valence-electron chi connectivity index (χ2n) is 7.63. The summed E-state index contributed by atoms with van der Waals surface area (Å²) in [6, 6.07) is 5.72. The molecule has 1 aliphatic carbocycles. The van der Waals surface area contributed by atoms with Crippen molar-refractivity contribution in [1.29, 1.82) is 0 Å². The highest BCUT2D eigenvalue weighted by Crippen LogP contribution is 2.37. The molecule has 0 unspecified atom stereocenters. The van der Waals surface area contributed by atoms with Gasteiger partial charge in [0, 0.05) is 15.8 Å². The number of fused-ring (bicyclic) bond motifs is 2. The van der Waals surface area contributed by atoms with Crippen LogP contribution in [-0.2, 0) is 22.4 Å². The van der Waals surface area contributed by atoms with Crippen molar-refractivity contribution < 1.29 is 19.1 Å². The lowest BCUT2D eigenvalue weighted by Gasteiger charge is -2.11. The van der Waals surface area contributed by atoms with E-state index in [0.29, 0.717) is 10.6 Å². The molecule has 156 valence electrons. The Morgan fingerprint density at radius 2 is 1.93 bits per heavy atom. The molecule has 0 spiro atoms. The minimum Gasteiger partial charge on any atom is -0.451 e. The number of primary amides is 1. The van der Waals surface area contributed by atoms with Gasteiger partial charge >= 0.3 is 5.97 Å². The molecule has 0 aliphatic heterocycles. The monoisotopic (exact) mass is 425 g/mol. The number of thiophene rings is 1. The summed E-state index contributed by atoms with van der Waals surface area (Å²) in [5.74, 6) is -1.67. The summed E-state index contributed by atoms with van der Waals surface area (Å²) >= 11 is 1.38. The number of aryl methyl sites for hydroxylation is 3. The maximum atomic E-state index is 12.4. The van der Waals surface area contributed by atoms with Crippen LogP contribution in [0, 0.1) is 13.8 Å². The molecule has 2 aromatic heterocycles. The highest BCUT2D eigenvalue weighted by molar-refractivity contribution is 7.17. The molecular formula is C22H23N3O4S. The van der Waals surface area contributed by atoms with E-state index in [9.17, 15) is 14.4 Å². The topological polar surface area (TPSA) is 114 Å². The van der Waals surface area contributed by atoms with Crippen LogP contribution in [0.25, 0.3) is 10.9 Å². The first-order valence-electron chi connectivity index (χ1n) is 9.84. The number of rotatable bonds is 5. The summed E-state index contributed by atoms with van der Waals surface area (Å²) in [6.45, 7) is 3.51. The van der Waals surface area contributed by atoms with Crippen LogP contribution in [0.4, 0.5) is 5.00 Å². The van der Waals surface area contributed by atoms with Gasteiger partial charge in [-0.2, -0.15) is 0 Å². The van der Waals surface area contributed by atoms with Gasteiger partial charge in [0.1, 0.15) is 10.7 Å². The number of carbonyl (C=O) groups excluding carboxylic acids is 3. The highest BCUT2D eigenvalue weighted by atomic mass is 32.1. The third-order valence-electron chi connectivity index (χ3n) is 5.31. The molecule has 0 fully saturated rings. The Hall–Kier alpha value is -3.13. The third-order valence-corrected chi connectivity index (χ3v) is 6.52. The summed E-state index contributed by atoms with van der Waals surface area (Å²) in [5.41, 5.74) is 10.1. The molecule has 1 aliphatic rings. The largest absolute Gasteiger partial charge is 0.451 e. The summed E-state index contributed by atoms with van der Waals surface area (Å²) in [6.07, 6.45) is 3.72. The molecule has 0 saturated carbocycles. The zero-order valence-electron chi connectivity index (χ0n) is 16.9. The van der Waals surface area contributed by atoms with Crippen LogP contribution in [0.2, 0.25) is 0 Å². The fraction of sp³-hybridized carbons (Fsp3) is 0.318. The Bertz CT molecular complexity index is 1170. The van der Waals surface area contributed by atoms with Crippen LogP contribution < -0.4 is 11.1 Å². The lowest BCUT2D eigenvalue weighted by Crippen LogP contribution is -2.23. The zero-order valence-corrected chi connectivity index (χ0v) is 17.7. The van der Waals surface area contributed by atoms with Crippen LogP contribution in [0.5, 0.6) is 0 Å². The number of nitrogens with one attached hydrogen (secondary N) is 2. The number of carbonyl (C=O) groups is 3. The Morgan fingerprint density at radius 1 is 1.17 bits per heavy atom. The van der Waals surface area contributed by atoms with Crippen molar-refractivity contribution >= 4 is 45.0 Å². The van der Waals surface area contributed by atoms with Gasteiger partial charge in [0.25, 0.3) is 11.8 Å². The fourth-order valence-corrected chi connectivity index (χ4v) is 5.31. The number of anilines is 1. The number of hydrogen-bond donors (Lipinski definition) is 3. The van der Waals surface area contributed by atoms with E-state index in [2.05, 4.69) is 10.3 Å². The van der Waals surface area contributed by atoms with Gasteiger partial charge in [0.05, 0.1) is 5.56 Å². The minimum absolute atomic E-state index is 0.288. The Kier molecular flexibility index (Phi) is 5.34. The molecule has 0 saturated heterocycles. The molecule has 2 amide bonds. The molecule has 30 heavy (non-hydrogen) atoms. The first kappa shape index (κ1) is 20.2. The van der Waals surface area contributed by atoms with Crippen LogP contribution in [0.15, 0.2) is 18.2 Å². The second-order valence-corrected chi connectivity index (χ2v) is 8.73. The van der Waals surface area contributed by atoms with E-state index in [-0.39, 0.29) is 5.69 Å². The molecule has 4 N–H and O–H groups in total. The average Bonchev–Trinajstić information content (AvgIpc) is 3.27. The SMILES string of the molecule is Cc1cc(C)c2cc(C(=O)OCC(=O)Nc3sc4c(c3C(N)=O)CCCC4)[nH]c2c1. The van der Waals surface area contributed by atoms with Gasteiger partial charge in [-0.05, 0) is 68.4 Å². The Morgan fingerprint density at radius 3 is 2.70 bits per heavy atom. The van der Waals surface area contributed by atoms with E-state index in [1.54, 1.807) is 6.07 Å². The molecular weight excluding hydrogens is 402 g/mol. The van der Waals surface area contributed by atoms with Gasteiger partial charge in [-0.1, -0.05) is 6.07 Å². The van der Waals surface area contributed by atoms with Gasteiger partial charge < -0.3 is 20.8 Å². The molecule has 0 radical (unpaired) electrons. The van der Waals surface area contributed by atoms with E-state index in [1.807, 2.05) is 26.0 Å². The number of amides is 2. The number of H-pyrrole nitrogens is 1. The molecule has 1 aromatic carbocycles. The average molecular weight is 426 g/mol. The van der Waals surface area contributed by atoms with Crippen LogP contribution in [-0.4, -0.2) is 29.4 Å². The number of ether oxygens (including phenoxy) is 1. The summed E-state index contributed by atoms with van der Waals surface area (Å²) < 4.78 is 5.17. The van der Waals surface area contributed by atoms with E-state index >= 15 is 0 Å². The number of benzene rings is 1. The lowest BCUT2D eigenvalue weighted by atomic mass is 9.95. The maximum absolute atomic E-state index is 12.4. The Balaban J connectivity index is 1.44. The van der Waals surface area contributed by atoms with Crippen molar-refractivity contribution in [2.75, 3.05) is 11.9 Å². The minimum atomic E-state index is -0.612. The molecule has 8 heteroatoms. The molecule has 4 rings (SSSR count). The van der Waals surface area contributed by atoms with Crippen molar-refractivity contribution in [1.82, 2.24) is 4.98 Å². The van der Waals surface area contributed by atoms with Crippen molar-refractivity contribution in [3.8, 4) is 0 Å². The van der Waals surface area contributed by atoms with Gasteiger partial charge in [0.2, 0.25) is 0 Å². The van der Waals surface area contributed by atoms with Crippen molar-refractivity contribution in [2.24, 2.45) is 5.73 Å². The number of aromatic amines is 1. The summed E-state index contributed by atoms with van der Waals surface area (Å²) in [4.78, 5) is 40.8. The number of hydrogen-bond acceptors (Lipinski definition) is 5. The first-order valence-corrected chi connectivity index (χ1v) is 10.7. The van der Waals surface area contributed by atoms with Gasteiger partial charge in [-0.15, -0.1) is 11.3 Å². The molecule has 7 nitrogen and oxygen atoms in total. The second kappa shape index (κ2) is 7.95. The fourth-order valence-electron chi connectivity index (χ4n) is 4.00. The summed E-state index contributed by atoms with van der Waals surface area (Å²) in [7, 11) is 0.